The van der Waals surface area contributed by atoms with Gasteiger partial charge in [0, 0.05) is 25.2 Å². The molecule has 0 amide bonds. The van der Waals surface area contributed by atoms with Gasteiger partial charge in [0.25, 0.3) is 0 Å². The van der Waals surface area contributed by atoms with Gasteiger partial charge in [-0.05, 0) is 32.0 Å². The lowest BCUT2D eigenvalue weighted by Gasteiger charge is -2.36. The number of methoxy groups -OCH3 is 1. The molecule has 1 saturated heterocycles. The van der Waals surface area contributed by atoms with E-state index in [1.165, 1.54) is 23.5 Å². The number of rotatable bonds is 3. The van der Waals surface area contributed by atoms with Gasteiger partial charge >= 0.3 is 0 Å². The summed E-state index contributed by atoms with van der Waals surface area (Å²) in [7, 11) is -2.04. The van der Waals surface area contributed by atoms with E-state index in [4.69, 9.17) is 16.3 Å². The molecular weight excluding hydrogens is 335 g/mol. The monoisotopic (exact) mass is 354 g/mol. The van der Waals surface area contributed by atoms with Crippen LogP contribution in [0.2, 0.25) is 5.02 Å². The Balaban J connectivity index is 0.00000220. The van der Waals surface area contributed by atoms with Crippen LogP contribution in [0.1, 0.15) is 13.8 Å². The van der Waals surface area contributed by atoms with Crippen molar-refractivity contribution >= 4 is 34.0 Å². The molecule has 1 aliphatic heterocycles. The fourth-order valence-electron chi connectivity index (χ4n) is 2.27. The van der Waals surface area contributed by atoms with E-state index in [9.17, 15) is 8.42 Å². The molecule has 0 spiro atoms. The number of hydrogen-bond acceptors (Lipinski definition) is 4. The van der Waals surface area contributed by atoms with Crippen LogP contribution in [0.3, 0.4) is 0 Å². The molecule has 8 heteroatoms. The molecule has 0 aliphatic carbocycles. The molecule has 1 aliphatic rings. The van der Waals surface area contributed by atoms with Crippen LogP contribution in [0, 0.1) is 0 Å². The van der Waals surface area contributed by atoms with Crippen LogP contribution in [0.4, 0.5) is 0 Å². The lowest BCUT2D eigenvalue weighted by atomic mass is 10.2. The molecule has 21 heavy (non-hydrogen) atoms. The molecule has 120 valence electrons. The fraction of sp³-hybridized carbons (Fsp3) is 0.538. The second-order valence-corrected chi connectivity index (χ2v) is 7.33. The van der Waals surface area contributed by atoms with Crippen LogP contribution in [0.15, 0.2) is 23.1 Å². The summed E-state index contributed by atoms with van der Waals surface area (Å²) in [6.07, 6.45) is 0. The van der Waals surface area contributed by atoms with Crippen molar-refractivity contribution in [3.63, 3.8) is 0 Å². The minimum atomic E-state index is -3.54. The minimum absolute atomic E-state index is 0. The Morgan fingerprint density at radius 1 is 1.38 bits per heavy atom. The van der Waals surface area contributed by atoms with Gasteiger partial charge in [0.15, 0.2) is 0 Å². The second kappa shape index (κ2) is 7.15. The van der Waals surface area contributed by atoms with E-state index < -0.39 is 10.0 Å². The number of halogens is 2. The predicted octanol–water partition coefficient (Wildman–Crippen LogP) is 2.14. The number of nitrogens with one attached hydrogen (secondary N) is 1. The molecule has 0 radical (unpaired) electrons. The van der Waals surface area contributed by atoms with Gasteiger partial charge in [-0.15, -0.1) is 12.4 Å². The quantitative estimate of drug-likeness (QED) is 0.903. The molecule has 1 heterocycles. The van der Waals surface area contributed by atoms with Gasteiger partial charge in [-0.2, -0.15) is 4.31 Å². The second-order valence-electron chi connectivity index (χ2n) is 5.03. The number of piperazine rings is 1. The summed E-state index contributed by atoms with van der Waals surface area (Å²) in [5.41, 5.74) is 0. The Morgan fingerprint density at radius 3 is 2.62 bits per heavy atom. The topological polar surface area (TPSA) is 58.6 Å². The Kier molecular flexibility index (Phi) is 6.31. The van der Waals surface area contributed by atoms with Gasteiger partial charge in [-0.3, -0.25) is 0 Å². The zero-order chi connectivity index (χ0) is 14.9. The average molecular weight is 355 g/mol. The van der Waals surface area contributed by atoms with Crippen LogP contribution in [0.5, 0.6) is 5.75 Å². The Labute approximate surface area is 137 Å². The molecule has 2 atom stereocenters. The lowest BCUT2D eigenvalue weighted by Crippen LogP contribution is -2.56. The van der Waals surface area contributed by atoms with Crippen molar-refractivity contribution in [1.82, 2.24) is 9.62 Å². The standard InChI is InChI=1S/C13H19ClN2O3S.ClH/c1-9-8-16(10(2)7-15-9)20(17,18)11-4-5-13(19-3)12(14)6-11;/h4-6,9-10,15H,7-8H2,1-3H3;1H. The Hall–Kier alpha value is -0.530. The van der Waals surface area contributed by atoms with Crippen LogP contribution in [0.25, 0.3) is 0 Å². The van der Waals surface area contributed by atoms with Crippen molar-refractivity contribution in [1.29, 1.82) is 0 Å². The largest absolute Gasteiger partial charge is 0.495 e. The van der Waals surface area contributed by atoms with Crippen LogP contribution in [-0.4, -0.2) is 45.0 Å². The van der Waals surface area contributed by atoms with Crippen LogP contribution in [-0.2, 0) is 10.0 Å². The molecular formula is C13H20Cl2N2O3S. The zero-order valence-corrected chi connectivity index (χ0v) is 14.6. The highest BCUT2D eigenvalue weighted by Crippen LogP contribution is 2.29. The van der Waals surface area contributed by atoms with Crippen molar-refractivity contribution in [2.45, 2.75) is 30.8 Å². The van der Waals surface area contributed by atoms with E-state index in [0.29, 0.717) is 23.9 Å². The van der Waals surface area contributed by atoms with Gasteiger partial charge in [0.05, 0.1) is 17.0 Å². The highest BCUT2D eigenvalue weighted by atomic mass is 35.5. The minimum Gasteiger partial charge on any atom is -0.495 e. The number of hydrogen-bond donors (Lipinski definition) is 1. The molecule has 1 aromatic rings. The third-order valence-electron chi connectivity index (χ3n) is 3.44. The summed E-state index contributed by atoms with van der Waals surface area (Å²) in [6.45, 7) is 4.95. The Morgan fingerprint density at radius 2 is 2.05 bits per heavy atom. The van der Waals surface area contributed by atoms with Crippen molar-refractivity contribution in [2.24, 2.45) is 0 Å². The number of sulfonamides is 1. The first kappa shape index (κ1) is 18.5. The first-order valence-corrected chi connectivity index (χ1v) is 8.27. The molecule has 2 rings (SSSR count). The summed E-state index contributed by atoms with van der Waals surface area (Å²) in [6, 6.07) is 4.59. The van der Waals surface area contributed by atoms with E-state index in [2.05, 4.69) is 5.32 Å². The zero-order valence-electron chi connectivity index (χ0n) is 12.2. The van der Waals surface area contributed by atoms with Crippen molar-refractivity contribution in [3.05, 3.63) is 23.2 Å². The lowest BCUT2D eigenvalue weighted by molar-refractivity contribution is 0.244. The SMILES string of the molecule is COc1ccc(S(=O)(=O)N2CC(C)NCC2C)cc1Cl.Cl. The molecule has 1 N–H and O–H groups in total. The van der Waals surface area contributed by atoms with Crippen molar-refractivity contribution in [3.8, 4) is 5.75 Å². The van der Waals surface area contributed by atoms with E-state index in [1.54, 1.807) is 6.07 Å². The maximum atomic E-state index is 12.7. The highest BCUT2D eigenvalue weighted by molar-refractivity contribution is 7.89. The number of benzene rings is 1. The van der Waals surface area contributed by atoms with E-state index in [-0.39, 0.29) is 29.4 Å². The Bertz CT molecular complexity index is 595. The number of ether oxygens (including phenoxy) is 1. The summed E-state index contributed by atoms with van der Waals surface area (Å²) in [5, 5.41) is 3.56. The van der Waals surface area contributed by atoms with E-state index in [1.807, 2.05) is 13.8 Å². The third-order valence-corrected chi connectivity index (χ3v) is 5.71. The van der Waals surface area contributed by atoms with Gasteiger partial charge in [-0.25, -0.2) is 8.42 Å². The van der Waals surface area contributed by atoms with Crippen molar-refractivity contribution < 1.29 is 13.2 Å². The summed E-state index contributed by atoms with van der Waals surface area (Å²) >= 11 is 6.02. The predicted molar refractivity (Wildman–Crippen MR) is 86.1 cm³/mol. The van der Waals surface area contributed by atoms with Gasteiger partial charge < -0.3 is 10.1 Å². The molecule has 0 bridgehead atoms. The normalized spacial score (nSPS) is 23.4. The summed E-state index contributed by atoms with van der Waals surface area (Å²) < 4.78 is 32.0. The third kappa shape index (κ3) is 3.81. The van der Waals surface area contributed by atoms with E-state index >= 15 is 0 Å². The van der Waals surface area contributed by atoms with Crippen molar-refractivity contribution in [2.75, 3.05) is 20.2 Å². The smallest absolute Gasteiger partial charge is 0.243 e. The molecule has 2 unspecified atom stereocenters. The summed E-state index contributed by atoms with van der Waals surface area (Å²) in [5.74, 6) is 0.465. The van der Waals surface area contributed by atoms with Gasteiger partial charge in [-0.1, -0.05) is 11.6 Å². The molecule has 1 fully saturated rings. The first-order valence-electron chi connectivity index (χ1n) is 6.45. The fourth-order valence-corrected chi connectivity index (χ4v) is 4.33. The number of nitrogens with zero attached hydrogens (tertiary/aromatic N) is 1. The van der Waals surface area contributed by atoms with Gasteiger partial charge in [0.1, 0.15) is 5.75 Å². The maximum absolute atomic E-state index is 12.7. The van der Waals surface area contributed by atoms with Gasteiger partial charge in [0.2, 0.25) is 10.0 Å². The first-order chi connectivity index (χ1) is 9.36. The van der Waals surface area contributed by atoms with E-state index in [0.717, 1.165) is 0 Å². The molecule has 1 aromatic carbocycles. The highest BCUT2D eigenvalue weighted by Gasteiger charge is 2.33. The average Bonchev–Trinajstić information content (AvgIpc) is 2.41. The molecule has 0 saturated carbocycles. The van der Waals surface area contributed by atoms with Crippen LogP contribution >= 0.6 is 24.0 Å². The maximum Gasteiger partial charge on any atom is 0.243 e. The van der Waals surface area contributed by atoms with Crippen LogP contribution < -0.4 is 10.1 Å². The molecule has 0 aromatic heterocycles. The summed E-state index contributed by atoms with van der Waals surface area (Å²) in [4.78, 5) is 0.198. The molecule has 5 nitrogen and oxygen atoms in total.